The molecule has 1 atom stereocenters. The number of nitrogens with one attached hydrogen (secondary N) is 1. The highest BCUT2D eigenvalue weighted by Crippen LogP contribution is 2.19. The number of sulfonamides is 1. The molecule has 0 radical (unpaired) electrons. The summed E-state index contributed by atoms with van der Waals surface area (Å²) >= 11 is 0. The number of hydrogen-bond donors (Lipinski definition) is 3. The summed E-state index contributed by atoms with van der Waals surface area (Å²) in [5, 5.41) is 7.53. The second-order valence-electron chi connectivity index (χ2n) is 4.30. The molecule has 0 heterocycles. The molecule has 0 aromatic heterocycles. The summed E-state index contributed by atoms with van der Waals surface area (Å²) in [6.45, 7) is 3.60. The maximum absolute atomic E-state index is 11.8. The van der Waals surface area contributed by atoms with E-state index in [0.717, 1.165) is 0 Å². The first-order chi connectivity index (χ1) is 8.23. The minimum atomic E-state index is -3.88. The number of benzene rings is 1. The number of nitrogens with two attached hydrogens (primary N) is 2. The first-order valence-corrected chi connectivity index (χ1v) is 6.96. The lowest BCUT2D eigenvalue weighted by Gasteiger charge is -2.16. The topological polar surface area (TPSA) is 115 Å². The van der Waals surface area contributed by atoms with Crippen molar-refractivity contribution in [3.8, 4) is 0 Å². The molecule has 0 bridgehead atoms. The predicted molar refractivity (Wildman–Crippen MR) is 69.3 cm³/mol. The van der Waals surface area contributed by atoms with E-state index in [1.54, 1.807) is 19.9 Å². The molecule has 0 saturated carbocycles. The molecule has 1 aromatic carbocycles. The lowest BCUT2D eigenvalue weighted by Crippen LogP contribution is -2.40. The number of anilines is 1. The quantitative estimate of drug-likeness (QED) is 0.728. The lowest BCUT2D eigenvalue weighted by atomic mass is 10.1. The molecule has 1 amide bonds. The zero-order chi connectivity index (χ0) is 13.9. The van der Waals surface area contributed by atoms with Gasteiger partial charge in [-0.1, -0.05) is 26.0 Å². The van der Waals surface area contributed by atoms with Crippen molar-refractivity contribution < 1.29 is 13.2 Å². The highest BCUT2D eigenvalue weighted by atomic mass is 32.2. The van der Waals surface area contributed by atoms with Crippen molar-refractivity contribution in [2.45, 2.75) is 24.8 Å². The summed E-state index contributed by atoms with van der Waals surface area (Å²) in [5.41, 5.74) is 5.81. The van der Waals surface area contributed by atoms with E-state index in [9.17, 15) is 13.2 Å². The van der Waals surface area contributed by atoms with E-state index < -0.39 is 22.0 Å². The van der Waals surface area contributed by atoms with Gasteiger partial charge < -0.3 is 11.1 Å². The molecule has 5 N–H and O–H groups in total. The summed E-state index contributed by atoms with van der Waals surface area (Å²) in [7, 11) is -3.88. The van der Waals surface area contributed by atoms with Gasteiger partial charge in [-0.05, 0) is 18.1 Å². The van der Waals surface area contributed by atoms with Crippen LogP contribution in [0.1, 0.15) is 13.8 Å². The van der Waals surface area contributed by atoms with Crippen molar-refractivity contribution in [1.29, 1.82) is 0 Å². The van der Waals surface area contributed by atoms with Gasteiger partial charge in [0.1, 0.15) is 4.90 Å². The first-order valence-electron chi connectivity index (χ1n) is 5.41. The Morgan fingerprint density at radius 3 is 2.33 bits per heavy atom. The summed E-state index contributed by atoms with van der Waals surface area (Å²) in [5.74, 6) is -0.493. The highest BCUT2D eigenvalue weighted by molar-refractivity contribution is 7.89. The average Bonchev–Trinajstić information content (AvgIpc) is 2.27. The third-order valence-electron chi connectivity index (χ3n) is 2.47. The Hall–Kier alpha value is -1.44. The molecule has 1 rings (SSSR count). The Morgan fingerprint density at radius 1 is 1.28 bits per heavy atom. The van der Waals surface area contributed by atoms with Crippen molar-refractivity contribution in [3.63, 3.8) is 0 Å². The van der Waals surface area contributed by atoms with Crippen LogP contribution >= 0.6 is 0 Å². The van der Waals surface area contributed by atoms with Gasteiger partial charge in [0.05, 0.1) is 11.7 Å². The van der Waals surface area contributed by atoms with Crippen molar-refractivity contribution >= 4 is 21.6 Å². The molecule has 0 fully saturated rings. The number of para-hydroxylation sites is 1. The van der Waals surface area contributed by atoms with E-state index in [1.807, 2.05) is 0 Å². The van der Waals surface area contributed by atoms with Gasteiger partial charge in [0.15, 0.2) is 0 Å². The zero-order valence-electron chi connectivity index (χ0n) is 10.3. The van der Waals surface area contributed by atoms with Gasteiger partial charge >= 0.3 is 0 Å². The lowest BCUT2D eigenvalue weighted by molar-refractivity contribution is -0.118. The van der Waals surface area contributed by atoms with Crippen molar-refractivity contribution in [3.05, 3.63) is 24.3 Å². The second-order valence-corrected chi connectivity index (χ2v) is 5.83. The Morgan fingerprint density at radius 2 is 1.83 bits per heavy atom. The maximum atomic E-state index is 11.8. The van der Waals surface area contributed by atoms with Crippen LogP contribution in [-0.4, -0.2) is 20.4 Å². The second kappa shape index (κ2) is 5.47. The van der Waals surface area contributed by atoms with E-state index >= 15 is 0 Å². The first kappa shape index (κ1) is 14.6. The van der Waals surface area contributed by atoms with Crippen LogP contribution in [0.15, 0.2) is 29.2 Å². The van der Waals surface area contributed by atoms with Crippen LogP contribution in [0.2, 0.25) is 0 Å². The number of carbonyl (C=O) groups excluding carboxylic acids is 1. The fourth-order valence-corrected chi connectivity index (χ4v) is 2.03. The molecule has 18 heavy (non-hydrogen) atoms. The largest absolute Gasteiger partial charge is 0.324 e. The van der Waals surface area contributed by atoms with Gasteiger partial charge in [-0.3, -0.25) is 4.79 Å². The summed E-state index contributed by atoms with van der Waals surface area (Å²) in [6, 6.07) is 5.21. The minimum Gasteiger partial charge on any atom is -0.324 e. The Bertz CT molecular complexity index is 540. The minimum absolute atomic E-state index is 0.0494. The standard InChI is InChI=1S/C11H17N3O3S/c1-7(2)10(12)11(15)14-8-5-3-4-6-9(8)18(13,16)17/h3-7,10H,12H2,1-2H3,(H,14,15)(H2,13,16,17)/t10-/m0/s1. The van der Waals surface area contributed by atoms with E-state index in [2.05, 4.69) is 5.32 Å². The molecule has 0 aliphatic carbocycles. The SMILES string of the molecule is CC(C)[C@H](N)C(=O)Nc1ccccc1S(N)(=O)=O. The van der Waals surface area contributed by atoms with Gasteiger partial charge in [-0.2, -0.15) is 0 Å². The third kappa shape index (κ3) is 3.52. The maximum Gasteiger partial charge on any atom is 0.241 e. The van der Waals surface area contributed by atoms with Crippen LogP contribution in [0.5, 0.6) is 0 Å². The molecule has 6 nitrogen and oxygen atoms in total. The normalized spacial score (nSPS) is 13.4. The summed E-state index contributed by atoms with van der Waals surface area (Å²) in [4.78, 5) is 11.6. The van der Waals surface area contributed by atoms with Crippen LogP contribution < -0.4 is 16.2 Å². The van der Waals surface area contributed by atoms with E-state index in [-0.39, 0.29) is 16.5 Å². The number of rotatable bonds is 4. The monoisotopic (exact) mass is 271 g/mol. The third-order valence-corrected chi connectivity index (χ3v) is 3.44. The molecule has 0 aliphatic rings. The summed E-state index contributed by atoms with van der Waals surface area (Å²) < 4.78 is 22.7. The van der Waals surface area contributed by atoms with E-state index in [1.165, 1.54) is 18.2 Å². The average molecular weight is 271 g/mol. The van der Waals surface area contributed by atoms with Crippen LogP contribution in [-0.2, 0) is 14.8 Å². The molecule has 1 aromatic rings. The Kier molecular flexibility index (Phi) is 4.44. The molecule has 7 heteroatoms. The van der Waals surface area contributed by atoms with Gasteiger partial charge in [0.2, 0.25) is 15.9 Å². The van der Waals surface area contributed by atoms with Crippen LogP contribution in [0.4, 0.5) is 5.69 Å². The molecular weight excluding hydrogens is 254 g/mol. The van der Waals surface area contributed by atoms with Gasteiger partial charge in [0, 0.05) is 0 Å². The Labute approximate surface area is 106 Å². The van der Waals surface area contributed by atoms with Gasteiger partial charge in [-0.15, -0.1) is 0 Å². The molecule has 0 unspecified atom stereocenters. The van der Waals surface area contributed by atoms with Crippen molar-refractivity contribution in [2.24, 2.45) is 16.8 Å². The predicted octanol–water partition coefficient (Wildman–Crippen LogP) is 0.256. The van der Waals surface area contributed by atoms with Gasteiger partial charge in [0.25, 0.3) is 0 Å². The fraction of sp³-hybridized carbons (Fsp3) is 0.364. The molecule has 0 saturated heterocycles. The van der Waals surface area contributed by atoms with Crippen molar-refractivity contribution in [2.75, 3.05) is 5.32 Å². The van der Waals surface area contributed by atoms with Crippen LogP contribution in [0.25, 0.3) is 0 Å². The fourth-order valence-electron chi connectivity index (χ4n) is 1.34. The van der Waals surface area contributed by atoms with E-state index in [4.69, 9.17) is 10.9 Å². The zero-order valence-corrected chi connectivity index (χ0v) is 11.1. The molecule has 0 aliphatic heterocycles. The number of hydrogen-bond acceptors (Lipinski definition) is 4. The van der Waals surface area contributed by atoms with Crippen LogP contribution in [0, 0.1) is 5.92 Å². The van der Waals surface area contributed by atoms with Crippen LogP contribution in [0.3, 0.4) is 0 Å². The van der Waals surface area contributed by atoms with Crippen molar-refractivity contribution in [1.82, 2.24) is 0 Å². The number of amides is 1. The molecule has 0 spiro atoms. The molecule has 100 valence electrons. The Balaban J connectivity index is 3.03. The van der Waals surface area contributed by atoms with E-state index in [0.29, 0.717) is 0 Å². The molecular formula is C11H17N3O3S. The number of carbonyl (C=O) groups is 1. The summed E-state index contributed by atoms with van der Waals surface area (Å²) in [6.07, 6.45) is 0. The highest BCUT2D eigenvalue weighted by Gasteiger charge is 2.20. The smallest absolute Gasteiger partial charge is 0.241 e. The van der Waals surface area contributed by atoms with Gasteiger partial charge in [-0.25, -0.2) is 13.6 Å². The number of primary sulfonamides is 1.